The van der Waals surface area contributed by atoms with Gasteiger partial charge < -0.3 is 14.2 Å². The van der Waals surface area contributed by atoms with Gasteiger partial charge in [-0.2, -0.15) is 0 Å². The number of allylic oxidation sites excluding steroid dienone is 12. The molecule has 0 aliphatic carbocycles. The Morgan fingerprint density at radius 1 is 0.278 bits per heavy atom. The quantitative estimate of drug-likeness (QED) is 0.0261. The Bertz CT molecular complexity index is 1340. The summed E-state index contributed by atoms with van der Waals surface area (Å²) in [5, 5.41) is 0. The molecular weight excluding hydrogens is 889 g/mol. The van der Waals surface area contributed by atoms with Crippen molar-refractivity contribution in [3.05, 3.63) is 72.9 Å². The number of carbonyl (C=O) groups is 3. The number of unbranched alkanes of at least 4 members (excludes halogenated alkanes) is 33. The largest absolute Gasteiger partial charge is 0.462 e. The molecule has 6 heteroatoms. The van der Waals surface area contributed by atoms with E-state index in [1.807, 2.05) is 0 Å². The van der Waals surface area contributed by atoms with E-state index in [-0.39, 0.29) is 31.1 Å². The van der Waals surface area contributed by atoms with Crippen LogP contribution in [0, 0.1) is 0 Å². The first-order valence-electron chi connectivity index (χ1n) is 30.9. The van der Waals surface area contributed by atoms with Gasteiger partial charge in [0.2, 0.25) is 0 Å². The van der Waals surface area contributed by atoms with E-state index in [1.165, 1.54) is 180 Å². The number of hydrogen-bond acceptors (Lipinski definition) is 6. The smallest absolute Gasteiger partial charge is 0.306 e. The first-order valence-corrected chi connectivity index (χ1v) is 30.9. The van der Waals surface area contributed by atoms with Gasteiger partial charge in [0.1, 0.15) is 13.2 Å². The lowest BCUT2D eigenvalue weighted by Crippen LogP contribution is -2.30. The highest BCUT2D eigenvalue weighted by Gasteiger charge is 2.19. The lowest BCUT2D eigenvalue weighted by Gasteiger charge is -2.18. The summed E-state index contributed by atoms with van der Waals surface area (Å²) >= 11 is 0. The van der Waals surface area contributed by atoms with Crippen molar-refractivity contribution < 1.29 is 28.6 Å². The summed E-state index contributed by atoms with van der Waals surface area (Å²) in [6, 6.07) is 0. The lowest BCUT2D eigenvalue weighted by atomic mass is 10.1. The molecule has 0 amide bonds. The van der Waals surface area contributed by atoms with E-state index < -0.39 is 6.10 Å². The maximum absolute atomic E-state index is 12.9. The summed E-state index contributed by atoms with van der Waals surface area (Å²) in [4.78, 5) is 38.3. The van der Waals surface area contributed by atoms with Gasteiger partial charge in [-0.05, 0) is 116 Å². The second-order valence-corrected chi connectivity index (χ2v) is 20.6. The summed E-state index contributed by atoms with van der Waals surface area (Å²) in [5.41, 5.74) is 0. The Morgan fingerprint density at radius 2 is 0.500 bits per heavy atom. The predicted octanol–water partition coefficient (Wildman–Crippen LogP) is 20.9. The van der Waals surface area contributed by atoms with Gasteiger partial charge in [0.15, 0.2) is 6.10 Å². The molecule has 416 valence electrons. The Kier molecular flexibility index (Phi) is 57.8. The van der Waals surface area contributed by atoms with Gasteiger partial charge in [-0.25, -0.2) is 0 Å². The third kappa shape index (κ3) is 57.7. The van der Waals surface area contributed by atoms with Crippen LogP contribution >= 0.6 is 0 Å². The fraction of sp³-hybridized carbons (Fsp3) is 0.773. The summed E-state index contributed by atoms with van der Waals surface area (Å²) in [6.07, 6.45) is 77.4. The van der Waals surface area contributed by atoms with Gasteiger partial charge in [-0.3, -0.25) is 14.4 Å². The summed E-state index contributed by atoms with van der Waals surface area (Å²) in [7, 11) is 0. The average molecular weight is 1010 g/mol. The van der Waals surface area contributed by atoms with Crippen molar-refractivity contribution in [1.29, 1.82) is 0 Å². The highest BCUT2D eigenvalue weighted by Crippen LogP contribution is 2.16. The van der Waals surface area contributed by atoms with Gasteiger partial charge in [0.05, 0.1) is 0 Å². The molecule has 72 heavy (non-hydrogen) atoms. The molecule has 0 saturated heterocycles. The van der Waals surface area contributed by atoms with Gasteiger partial charge in [-0.1, -0.05) is 248 Å². The van der Waals surface area contributed by atoms with Crippen molar-refractivity contribution in [2.75, 3.05) is 13.2 Å². The van der Waals surface area contributed by atoms with Crippen LogP contribution in [0.4, 0.5) is 0 Å². The number of rotatable bonds is 56. The molecule has 0 fully saturated rings. The van der Waals surface area contributed by atoms with E-state index in [9.17, 15) is 14.4 Å². The molecule has 0 spiro atoms. The molecule has 0 rings (SSSR count). The van der Waals surface area contributed by atoms with Crippen molar-refractivity contribution in [2.45, 2.75) is 316 Å². The van der Waals surface area contributed by atoms with Crippen LogP contribution < -0.4 is 0 Å². The molecule has 0 aliphatic rings. The van der Waals surface area contributed by atoms with Crippen LogP contribution in [0.2, 0.25) is 0 Å². The SMILES string of the molecule is CCCCC/C=C\C/C=C\CCCCCCCCCCCC(=O)OCC(COC(=O)CCCCCCCCC/C=C\C/C=C\CCCCC)OC(=O)CCCCCCCCC/C=C\C/C=C\CCCCCC. The molecule has 6 nitrogen and oxygen atoms in total. The van der Waals surface area contributed by atoms with Crippen molar-refractivity contribution in [1.82, 2.24) is 0 Å². The molecule has 0 saturated carbocycles. The first kappa shape index (κ1) is 68.8. The molecule has 0 heterocycles. The summed E-state index contributed by atoms with van der Waals surface area (Å²) in [5.74, 6) is -0.890. The van der Waals surface area contributed by atoms with Gasteiger partial charge in [0, 0.05) is 19.3 Å². The second kappa shape index (κ2) is 60.4. The van der Waals surface area contributed by atoms with E-state index in [4.69, 9.17) is 14.2 Å². The minimum absolute atomic E-state index is 0.0825. The van der Waals surface area contributed by atoms with Gasteiger partial charge >= 0.3 is 17.9 Å². The van der Waals surface area contributed by atoms with Crippen LogP contribution in [0.5, 0.6) is 0 Å². The fourth-order valence-electron chi connectivity index (χ4n) is 8.71. The minimum atomic E-state index is -0.786. The standard InChI is InChI=1S/C66H116O6/c1-4-7-10-13-16-19-22-25-28-31-33-36-38-41-44-47-50-53-56-59-65(68)71-62-63(61-70-64(67)58-55-52-49-46-43-40-37-34-30-27-24-21-18-15-12-9-6-3)72-66(69)60-57-54-51-48-45-42-39-35-32-29-26-23-20-17-14-11-8-5-2/h16,18-21,23,25,27-30,32,63H,4-15,17,22,24,26,31,33-62H2,1-3H3/b19-16-,21-18-,23-20-,28-25-,30-27-,32-29-. The molecule has 0 bridgehead atoms. The van der Waals surface area contributed by atoms with Crippen LogP contribution in [0.3, 0.4) is 0 Å². The fourth-order valence-corrected chi connectivity index (χ4v) is 8.71. The molecule has 0 aromatic heterocycles. The minimum Gasteiger partial charge on any atom is -0.462 e. The van der Waals surface area contributed by atoms with E-state index in [0.29, 0.717) is 19.3 Å². The predicted molar refractivity (Wildman–Crippen MR) is 311 cm³/mol. The van der Waals surface area contributed by atoms with Gasteiger partial charge in [-0.15, -0.1) is 0 Å². The average Bonchev–Trinajstić information content (AvgIpc) is 3.38. The molecule has 1 atom stereocenters. The molecule has 0 aromatic rings. The van der Waals surface area contributed by atoms with Crippen molar-refractivity contribution in [3.8, 4) is 0 Å². The second-order valence-electron chi connectivity index (χ2n) is 20.6. The Labute approximate surface area is 446 Å². The number of hydrogen-bond donors (Lipinski definition) is 0. The van der Waals surface area contributed by atoms with Crippen LogP contribution in [0.1, 0.15) is 310 Å². The third-order valence-corrected chi connectivity index (χ3v) is 13.4. The third-order valence-electron chi connectivity index (χ3n) is 13.4. The van der Waals surface area contributed by atoms with E-state index in [2.05, 4.69) is 93.7 Å². The zero-order valence-electron chi connectivity index (χ0n) is 47.7. The number of esters is 3. The van der Waals surface area contributed by atoms with Crippen molar-refractivity contribution in [3.63, 3.8) is 0 Å². The van der Waals surface area contributed by atoms with Crippen LogP contribution in [0.25, 0.3) is 0 Å². The van der Waals surface area contributed by atoms with E-state index in [1.54, 1.807) is 0 Å². The van der Waals surface area contributed by atoms with Gasteiger partial charge in [0.25, 0.3) is 0 Å². The molecule has 0 N–H and O–H groups in total. The zero-order chi connectivity index (χ0) is 52.2. The number of carbonyl (C=O) groups excluding carboxylic acids is 3. The lowest BCUT2D eigenvalue weighted by molar-refractivity contribution is -0.167. The molecule has 0 radical (unpaired) electrons. The maximum Gasteiger partial charge on any atom is 0.306 e. The van der Waals surface area contributed by atoms with Crippen LogP contribution in [-0.2, 0) is 28.6 Å². The Hall–Kier alpha value is -3.15. The molecule has 0 aliphatic heterocycles. The van der Waals surface area contributed by atoms with Crippen molar-refractivity contribution in [2.24, 2.45) is 0 Å². The van der Waals surface area contributed by atoms with E-state index in [0.717, 1.165) is 89.9 Å². The number of ether oxygens (including phenoxy) is 3. The highest BCUT2D eigenvalue weighted by molar-refractivity contribution is 5.71. The Balaban J connectivity index is 4.40. The topological polar surface area (TPSA) is 78.9 Å². The Morgan fingerprint density at radius 3 is 0.792 bits per heavy atom. The molecule has 1 unspecified atom stereocenters. The summed E-state index contributed by atoms with van der Waals surface area (Å²) < 4.78 is 16.9. The maximum atomic E-state index is 12.9. The first-order chi connectivity index (χ1) is 35.5. The zero-order valence-corrected chi connectivity index (χ0v) is 47.7. The highest BCUT2D eigenvalue weighted by atomic mass is 16.6. The monoisotopic (exact) mass is 1000 g/mol. The van der Waals surface area contributed by atoms with Crippen LogP contribution in [0.15, 0.2) is 72.9 Å². The normalized spacial score (nSPS) is 12.5. The molecular formula is C66H116O6. The van der Waals surface area contributed by atoms with E-state index >= 15 is 0 Å². The van der Waals surface area contributed by atoms with Crippen molar-refractivity contribution >= 4 is 17.9 Å². The molecule has 0 aromatic carbocycles. The van der Waals surface area contributed by atoms with Crippen LogP contribution in [-0.4, -0.2) is 37.2 Å². The summed E-state index contributed by atoms with van der Waals surface area (Å²) in [6.45, 7) is 6.59.